The van der Waals surface area contributed by atoms with Gasteiger partial charge in [0.2, 0.25) is 5.91 Å². The molecule has 0 bridgehead atoms. The van der Waals surface area contributed by atoms with Crippen LogP contribution in [0.25, 0.3) is 0 Å². The fourth-order valence-corrected chi connectivity index (χ4v) is 3.96. The van der Waals surface area contributed by atoms with Gasteiger partial charge in [-0.05, 0) is 25.2 Å². The molecule has 134 valence electrons. The van der Waals surface area contributed by atoms with Crippen molar-refractivity contribution in [1.29, 1.82) is 0 Å². The van der Waals surface area contributed by atoms with Crippen LogP contribution in [0.4, 0.5) is 0 Å². The third-order valence-corrected chi connectivity index (χ3v) is 5.65. The SMILES string of the molecule is CCC(CO)N1CCN(CC(=O)N(C)CC2CCCCC2)CC1. The van der Waals surface area contributed by atoms with Crippen molar-refractivity contribution in [3.05, 3.63) is 0 Å². The van der Waals surface area contributed by atoms with Crippen LogP contribution in [0.2, 0.25) is 0 Å². The van der Waals surface area contributed by atoms with Crippen molar-refractivity contribution in [2.45, 2.75) is 51.5 Å². The summed E-state index contributed by atoms with van der Waals surface area (Å²) in [4.78, 5) is 19.0. The van der Waals surface area contributed by atoms with Crippen LogP contribution in [-0.2, 0) is 4.79 Å². The summed E-state index contributed by atoms with van der Waals surface area (Å²) < 4.78 is 0. The second-order valence-electron chi connectivity index (χ2n) is 7.34. The number of nitrogens with zero attached hydrogens (tertiary/aromatic N) is 3. The minimum absolute atomic E-state index is 0.236. The molecule has 5 heteroatoms. The highest BCUT2D eigenvalue weighted by Crippen LogP contribution is 2.24. The molecule has 0 aromatic heterocycles. The molecule has 2 fully saturated rings. The number of piperazine rings is 1. The van der Waals surface area contributed by atoms with E-state index in [2.05, 4.69) is 16.7 Å². The summed E-state index contributed by atoms with van der Waals surface area (Å²) in [6.45, 7) is 7.61. The second kappa shape index (κ2) is 9.60. The fourth-order valence-electron chi connectivity index (χ4n) is 3.96. The van der Waals surface area contributed by atoms with Crippen molar-refractivity contribution in [3.63, 3.8) is 0 Å². The highest BCUT2D eigenvalue weighted by molar-refractivity contribution is 5.78. The molecule has 1 unspecified atom stereocenters. The van der Waals surface area contributed by atoms with Gasteiger partial charge in [-0.3, -0.25) is 14.6 Å². The van der Waals surface area contributed by atoms with Gasteiger partial charge in [0, 0.05) is 45.8 Å². The van der Waals surface area contributed by atoms with Crippen LogP contribution in [0.3, 0.4) is 0 Å². The summed E-state index contributed by atoms with van der Waals surface area (Å²) >= 11 is 0. The van der Waals surface area contributed by atoms with E-state index in [0.29, 0.717) is 12.5 Å². The minimum Gasteiger partial charge on any atom is -0.395 e. The van der Waals surface area contributed by atoms with Gasteiger partial charge in [0.25, 0.3) is 0 Å². The van der Waals surface area contributed by atoms with Gasteiger partial charge in [0.05, 0.1) is 13.2 Å². The summed E-state index contributed by atoms with van der Waals surface area (Å²) in [6.07, 6.45) is 7.59. The van der Waals surface area contributed by atoms with Gasteiger partial charge in [-0.25, -0.2) is 0 Å². The summed E-state index contributed by atoms with van der Waals surface area (Å²) in [5.74, 6) is 0.975. The first-order chi connectivity index (χ1) is 11.1. The standard InChI is InChI=1S/C18H35N3O2/c1-3-17(15-22)21-11-9-20(10-12-21)14-18(23)19(2)13-16-7-5-4-6-8-16/h16-17,22H,3-15H2,1-2H3. The average molecular weight is 325 g/mol. The molecular weight excluding hydrogens is 290 g/mol. The first-order valence-electron chi connectivity index (χ1n) is 9.45. The number of likely N-dealkylation sites (N-methyl/N-ethyl adjacent to an activating group) is 1. The first kappa shape index (κ1) is 18.7. The highest BCUT2D eigenvalue weighted by atomic mass is 16.3. The number of hydrogen-bond donors (Lipinski definition) is 1. The number of aliphatic hydroxyl groups is 1. The Kier molecular flexibility index (Phi) is 7.80. The zero-order valence-corrected chi connectivity index (χ0v) is 15.0. The maximum absolute atomic E-state index is 12.4. The lowest BCUT2D eigenvalue weighted by atomic mass is 9.89. The van der Waals surface area contributed by atoms with Gasteiger partial charge in [0.1, 0.15) is 0 Å². The Hall–Kier alpha value is -0.650. The third-order valence-electron chi connectivity index (χ3n) is 5.65. The minimum atomic E-state index is 0.236. The molecular formula is C18H35N3O2. The molecule has 0 radical (unpaired) electrons. The lowest BCUT2D eigenvalue weighted by Gasteiger charge is -2.38. The van der Waals surface area contributed by atoms with E-state index in [1.807, 2.05) is 11.9 Å². The monoisotopic (exact) mass is 325 g/mol. The molecule has 1 aliphatic carbocycles. The Bertz CT molecular complexity index is 346. The van der Waals surface area contributed by atoms with E-state index in [1.165, 1.54) is 32.1 Å². The molecule has 1 saturated carbocycles. The zero-order valence-electron chi connectivity index (χ0n) is 15.0. The largest absolute Gasteiger partial charge is 0.395 e. The quantitative estimate of drug-likeness (QED) is 0.769. The van der Waals surface area contributed by atoms with Gasteiger partial charge < -0.3 is 10.0 Å². The molecule has 1 saturated heterocycles. The molecule has 23 heavy (non-hydrogen) atoms. The molecule has 2 rings (SSSR count). The number of hydrogen-bond acceptors (Lipinski definition) is 4. The molecule has 1 aliphatic heterocycles. The van der Waals surface area contributed by atoms with Crippen LogP contribution in [0.1, 0.15) is 45.4 Å². The van der Waals surface area contributed by atoms with Crippen molar-refractivity contribution in [2.24, 2.45) is 5.92 Å². The van der Waals surface area contributed by atoms with Crippen molar-refractivity contribution in [1.82, 2.24) is 14.7 Å². The molecule has 5 nitrogen and oxygen atoms in total. The summed E-state index contributed by atoms with van der Waals surface area (Å²) in [7, 11) is 1.96. The highest BCUT2D eigenvalue weighted by Gasteiger charge is 2.25. The van der Waals surface area contributed by atoms with Crippen LogP contribution < -0.4 is 0 Å². The Balaban J connectivity index is 1.69. The predicted octanol–water partition coefficient (Wildman–Crippen LogP) is 1.41. The molecule has 1 N–H and O–H groups in total. The number of carbonyl (C=O) groups is 1. The summed E-state index contributed by atoms with van der Waals surface area (Å²) in [5, 5.41) is 9.40. The average Bonchev–Trinajstić information content (AvgIpc) is 2.58. The van der Waals surface area contributed by atoms with Crippen molar-refractivity contribution >= 4 is 5.91 Å². The Labute approximate surface area is 141 Å². The molecule has 1 atom stereocenters. The number of aliphatic hydroxyl groups excluding tert-OH is 1. The molecule has 0 aromatic carbocycles. The van der Waals surface area contributed by atoms with Crippen molar-refractivity contribution in [3.8, 4) is 0 Å². The maximum atomic E-state index is 12.4. The lowest BCUT2D eigenvalue weighted by molar-refractivity contribution is -0.132. The maximum Gasteiger partial charge on any atom is 0.236 e. The Morgan fingerprint density at radius 2 is 1.83 bits per heavy atom. The van der Waals surface area contributed by atoms with E-state index in [9.17, 15) is 9.90 Å². The molecule has 0 spiro atoms. The molecule has 2 aliphatic rings. The van der Waals surface area contributed by atoms with E-state index < -0.39 is 0 Å². The van der Waals surface area contributed by atoms with Crippen molar-refractivity contribution in [2.75, 3.05) is 52.9 Å². The second-order valence-corrected chi connectivity index (χ2v) is 7.34. The number of rotatable bonds is 7. The third kappa shape index (κ3) is 5.73. The Morgan fingerprint density at radius 3 is 2.39 bits per heavy atom. The molecule has 1 heterocycles. The Morgan fingerprint density at radius 1 is 1.17 bits per heavy atom. The van der Waals surface area contributed by atoms with Crippen LogP contribution in [0, 0.1) is 5.92 Å². The van der Waals surface area contributed by atoms with E-state index in [4.69, 9.17) is 0 Å². The molecule has 1 amide bonds. The topological polar surface area (TPSA) is 47.0 Å². The van der Waals surface area contributed by atoms with E-state index >= 15 is 0 Å². The van der Waals surface area contributed by atoms with Gasteiger partial charge in [0.15, 0.2) is 0 Å². The fraction of sp³-hybridized carbons (Fsp3) is 0.944. The first-order valence-corrected chi connectivity index (χ1v) is 9.45. The smallest absolute Gasteiger partial charge is 0.236 e. The van der Waals surface area contributed by atoms with Gasteiger partial charge >= 0.3 is 0 Å². The van der Waals surface area contributed by atoms with Gasteiger partial charge in [-0.15, -0.1) is 0 Å². The van der Waals surface area contributed by atoms with E-state index in [0.717, 1.165) is 39.1 Å². The molecule has 0 aromatic rings. The normalized spacial score (nSPS) is 22.9. The summed E-state index contributed by atoms with van der Waals surface area (Å²) in [6, 6.07) is 0.279. The van der Waals surface area contributed by atoms with Crippen molar-refractivity contribution < 1.29 is 9.90 Å². The predicted molar refractivity (Wildman–Crippen MR) is 93.4 cm³/mol. The van der Waals surface area contributed by atoms with Gasteiger partial charge in [-0.1, -0.05) is 26.2 Å². The van der Waals surface area contributed by atoms with E-state index in [-0.39, 0.29) is 18.6 Å². The van der Waals surface area contributed by atoms with Crippen LogP contribution in [-0.4, -0.2) is 84.7 Å². The van der Waals surface area contributed by atoms with Crippen LogP contribution >= 0.6 is 0 Å². The zero-order chi connectivity index (χ0) is 16.7. The van der Waals surface area contributed by atoms with Crippen LogP contribution in [0.5, 0.6) is 0 Å². The number of amides is 1. The van der Waals surface area contributed by atoms with Gasteiger partial charge in [-0.2, -0.15) is 0 Å². The summed E-state index contributed by atoms with van der Waals surface area (Å²) in [5.41, 5.74) is 0. The van der Waals surface area contributed by atoms with E-state index in [1.54, 1.807) is 0 Å². The van der Waals surface area contributed by atoms with Crippen LogP contribution in [0.15, 0.2) is 0 Å². The lowest BCUT2D eigenvalue weighted by Crippen LogP contribution is -2.53. The number of carbonyl (C=O) groups excluding carboxylic acids is 1.